The zero-order valence-electron chi connectivity index (χ0n) is 11.4. The number of aromatic amines is 1. The fourth-order valence-corrected chi connectivity index (χ4v) is 1.76. The topological polar surface area (TPSA) is 109 Å². The van der Waals surface area contributed by atoms with Crippen molar-refractivity contribution in [2.75, 3.05) is 5.32 Å². The Hall–Kier alpha value is -2.41. The number of nitrogens with one attached hydrogen (secondary N) is 3. The lowest BCUT2D eigenvalue weighted by atomic mass is 10.1. The quantitative estimate of drug-likeness (QED) is 0.680. The number of aromatic nitrogens is 3. The van der Waals surface area contributed by atoms with E-state index in [9.17, 15) is 4.79 Å². The highest BCUT2D eigenvalue weighted by Gasteiger charge is 2.12. The van der Waals surface area contributed by atoms with E-state index in [0.717, 1.165) is 5.56 Å². The summed E-state index contributed by atoms with van der Waals surface area (Å²) in [5.74, 6) is 0.601. The summed E-state index contributed by atoms with van der Waals surface area (Å²) in [7, 11) is 0. The van der Waals surface area contributed by atoms with Gasteiger partial charge in [-0.3, -0.25) is 5.10 Å². The fraction of sp³-hybridized carbons (Fsp3) is 0.308. The van der Waals surface area contributed by atoms with Gasteiger partial charge in [0.2, 0.25) is 0 Å². The molecule has 106 valence electrons. The van der Waals surface area contributed by atoms with Crippen LogP contribution in [0.2, 0.25) is 0 Å². The second-order valence-corrected chi connectivity index (χ2v) is 4.61. The molecule has 0 bridgehead atoms. The van der Waals surface area contributed by atoms with Crippen molar-refractivity contribution >= 4 is 11.7 Å². The first-order chi connectivity index (χ1) is 9.56. The molecule has 2 unspecified atom stereocenters. The van der Waals surface area contributed by atoms with Gasteiger partial charge in [0.05, 0.1) is 6.04 Å². The summed E-state index contributed by atoms with van der Waals surface area (Å²) < 4.78 is 0. The maximum Gasteiger partial charge on any atom is 0.319 e. The number of H-pyrrole nitrogens is 1. The predicted octanol–water partition coefficient (Wildman–Crippen LogP) is 1.71. The first kappa shape index (κ1) is 14.0. The maximum absolute atomic E-state index is 11.9. The number of hydrogen-bond acceptors (Lipinski definition) is 4. The molecule has 0 radical (unpaired) electrons. The molecule has 5 N–H and O–H groups in total. The zero-order chi connectivity index (χ0) is 14.5. The summed E-state index contributed by atoms with van der Waals surface area (Å²) in [6, 6.07) is 6.80. The highest BCUT2D eigenvalue weighted by atomic mass is 16.2. The highest BCUT2D eigenvalue weighted by molar-refractivity contribution is 5.89. The van der Waals surface area contributed by atoms with Crippen LogP contribution in [0.4, 0.5) is 10.5 Å². The first-order valence-corrected chi connectivity index (χ1v) is 6.34. The maximum atomic E-state index is 11.9. The van der Waals surface area contributed by atoms with Crippen molar-refractivity contribution in [1.82, 2.24) is 20.5 Å². The van der Waals surface area contributed by atoms with E-state index in [1.165, 1.54) is 6.33 Å². The van der Waals surface area contributed by atoms with Crippen LogP contribution in [0, 0.1) is 0 Å². The largest absolute Gasteiger partial charge is 0.328 e. The number of carbonyl (C=O) groups is 1. The molecule has 0 spiro atoms. The molecule has 1 heterocycles. The van der Waals surface area contributed by atoms with Gasteiger partial charge in [-0.25, -0.2) is 9.78 Å². The van der Waals surface area contributed by atoms with E-state index in [1.807, 2.05) is 38.1 Å². The third kappa shape index (κ3) is 3.55. The summed E-state index contributed by atoms with van der Waals surface area (Å²) in [5.41, 5.74) is 7.47. The molecule has 7 nitrogen and oxygen atoms in total. The Labute approximate surface area is 117 Å². The SMILES string of the molecule is CC(N)c1cccc(NC(=O)NC(C)c2ncn[nH]2)c1. The van der Waals surface area contributed by atoms with Crippen LogP contribution in [-0.4, -0.2) is 21.2 Å². The van der Waals surface area contributed by atoms with Crippen LogP contribution in [0.15, 0.2) is 30.6 Å². The molecule has 2 rings (SSSR count). The van der Waals surface area contributed by atoms with E-state index in [0.29, 0.717) is 11.5 Å². The van der Waals surface area contributed by atoms with Gasteiger partial charge in [-0.1, -0.05) is 12.1 Å². The van der Waals surface area contributed by atoms with Gasteiger partial charge >= 0.3 is 6.03 Å². The van der Waals surface area contributed by atoms with Gasteiger partial charge in [0.1, 0.15) is 12.2 Å². The van der Waals surface area contributed by atoms with E-state index in [2.05, 4.69) is 25.8 Å². The number of nitrogens with zero attached hydrogens (tertiary/aromatic N) is 2. The molecule has 20 heavy (non-hydrogen) atoms. The normalized spacial score (nSPS) is 13.6. The Balaban J connectivity index is 1.96. The summed E-state index contributed by atoms with van der Waals surface area (Å²) in [5, 5.41) is 12.0. The molecule has 2 aromatic rings. The van der Waals surface area contributed by atoms with Crippen molar-refractivity contribution < 1.29 is 4.79 Å². The molecule has 0 aliphatic heterocycles. The second kappa shape index (κ2) is 6.16. The molecule has 0 saturated heterocycles. The predicted molar refractivity (Wildman–Crippen MR) is 76.0 cm³/mol. The average Bonchev–Trinajstić information content (AvgIpc) is 2.92. The summed E-state index contributed by atoms with van der Waals surface area (Å²) in [6.45, 7) is 3.71. The Morgan fingerprint density at radius 3 is 2.85 bits per heavy atom. The molecule has 0 aliphatic rings. The van der Waals surface area contributed by atoms with E-state index >= 15 is 0 Å². The number of benzene rings is 1. The number of carbonyl (C=O) groups excluding carboxylic acids is 1. The molecule has 7 heteroatoms. The number of rotatable bonds is 4. The van der Waals surface area contributed by atoms with Crippen LogP contribution >= 0.6 is 0 Å². The van der Waals surface area contributed by atoms with Crippen LogP contribution in [0.3, 0.4) is 0 Å². The smallest absolute Gasteiger partial charge is 0.319 e. The summed E-state index contributed by atoms with van der Waals surface area (Å²) >= 11 is 0. The third-order valence-corrected chi connectivity index (χ3v) is 2.86. The molecular weight excluding hydrogens is 256 g/mol. The van der Waals surface area contributed by atoms with Crippen LogP contribution in [0.25, 0.3) is 0 Å². The van der Waals surface area contributed by atoms with Gasteiger partial charge in [0.15, 0.2) is 0 Å². The van der Waals surface area contributed by atoms with Crippen LogP contribution < -0.4 is 16.4 Å². The lowest BCUT2D eigenvalue weighted by Gasteiger charge is -2.13. The molecule has 2 atom stereocenters. The molecular formula is C13H18N6O. The highest BCUT2D eigenvalue weighted by Crippen LogP contribution is 2.15. The Kier molecular flexibility index (Phi) is 4.31. The Bertz CT molecular complexity index is 566. The molecule has 1 aromatic heterocycles. The number of anilines is 1. The van der Waals surface area contributed by atoms with Crippen molar-refractivity contribution in [1.29, 1.82) is 0 Å². The minimum Gasteiger partial charge on any atom is -0.328 e. The molecule has 0 saturated carbocycles. The van der Waals surface area contributed by atoms with Crippen molar-refractivity contribution in [3.05, 3.63) is 42.0 Å². The van der Waals surface area contributed by atoms with Gasteiger partial charge in [-0.2, -0.15) is 5.10 Å². The lowest BCUT2D eigenvalue weighted by molar-refractivity contribution is 0.249. The lowest BCUT2D eigenvalue weighted by Crippen LogP contribution is -2.31. The fourth-order valence-electron chi connectivity index (χ4n) is 1.76. The van der Waals surface area contributed by atoms with E-state index in [1.54, 1.807) is 0 Å². The van der Waals surface area contributed by atoms with Gasteiger partial charge in [-0.15, -0.1) is 0 Å². The summed E-state index contributed by atoms with van der Waals surface area (Å²) in [4.78, 5) is 15.9. The van der Waals surface area contributed by atoms with Crippen molar-refractivity contribution in [3.63, 3.8) is 0 Å². The number of amides is 2. The second-order valence-electron chi connectivity index (χ2n) is 4.61. The number of urea groups is 1. The third-order valence-electron chi connectivity index (χ3n) is 2.86. The summed E-state index contributed by atoms with van der Waals surface area (Å²) in [6.07, 6.45) is 1.40. The standard InChI is InChI=1S/C13H18N6O/c1-8(14)10-4-3-5-11(6-10)18-13(20)17-9(2)12-15-7-16-19-12/h3-9H,14H2,1-2H3,(H,15,16,19)(H2,17,18,20). The van der Waals surface area contributed by atoms with Gasteiger partial charge in [-0.05, 0) is 31.5 Å². The van der Waals surface area contributed by atoms with E-state index < -0.39 is 0 Å². The minimum atomic E-state index is -0.310. The van der Waals surface area contributed by atoms with Gasteiger partial charge in [0, 0.05) is 11.7 Å². The van der Waals surface area contributed by atoms with Gasteiger partial charge in [0.25, 0.3) is 0 Å². The van der Waals surface area contributed by atoms with Crippen molar-refractivity contribution in [2.24, 2.45) is 5.73 Å². The minimum absolute atomic E-state index is 0.0760. The van der Waals surface area contributed by atoms with Gasteiger partial charge < -0.3 is 16.4 Å². The zero-order valence-corrected chi connectivity index (χ0v) is 11.4. The Morgan fingerprint density at radius 2 is 2.20 bits per heavy atom. The van der Waals surface area contributed by atoms with Crippen molar-refractivity contribution in [3.8, 4) is 0 Å². The van der Waals surface area contributed by atoms with Crippen molar-refractivity contribution in [2.45, 2.75) is 25.9 Å². The van der Waals surface area contributed by atoms with E-state index in [4.69, 9.17) is 5.73 Å². The average molecular weight is 274 g/mol. The molecule has 0 fully saturated rings. The molecule has 1 aromatic carbocycles. The van der Waals surface area contributed by atoms with Crippen LogP contribution in [-0.2, 0) is 0 Å². The number of nitrogens with two attached hydrogens (primary N) is 1. The van der Waals surface area contributed by atoms with Crippen LogP contribution in [0.1, 0.15) is 37.3 Å². The first-order valence-electron chi connectivity index (χ1n) is 6.34. The van der Waals surface area contributed by atoms with Crippen LogP contribution in [0.5, 0.6) is 0 Å². The molecule has 2 amide bonds. The molecule has 0 aliphatic carbocycles. The monoisotopic (exact) mass is 274 g/mol. The van der Waals surface area contributed by atoms with E-state index in [-0.39, 0.29) is 18.1 Å². The number of hydrogen-bond donors (Lipinski definition) is 4. The Morgan fingerprint density at radius 1 is 1.40 bits per heavy atom.